The maximum Gasteiger partial charge on any atom is 0.427 e. The van der Waals surface area contributed by atoms with Crippen molar-refractivity contribution in [1.82, 2.24) is 5.09 Å². The quantitative estimate of drug-likeness (QED) is 0.469. The molecule has 0 bridgehead atoms. The molecule has 1 aliphatic carbocycles. The first-order valence-corrected chi connectivity index (χ1v) is 9.09. The second-order valence-corrected chi connectivity index (χ2v) is 6.98. The molecule has 0 fully saturated rings. The molecule has 130 valence electrons. The van der Waals surface area contributed by atoms with Gasteiger partial charge in [-0.15, -0.1) is 0 Å². The summed E-state index contributed by atoms with van der Waals surface area (Å²) < 4.78 is 11.1. The number of ketones is 1. The summed E-state index contributed by atoms with van der Waals surface area (Å²) in [5, 5.41) is 21.5. The van der Waals surface area contributed by atoms with E-state index < -0.39 is 25.6 Å². The molecule has 24 heavy (non-hydrogen) atoms. The van der Waals surface area contributed by atoms with E-state index in [1.54, 1.807) is 24.3 Å². The fourth-order valence-electron chi connectivity index (χ4n) is 2.57. The molecule has 8 heteroatoms. The van der Waals surface area contributed by atoms with Gasteiger partial charge in [-0.05, 0) is 43.0 Å². The first kappa shape index (κ1) is 18.4. The molecule has 0 heterocycles. The fourth-order valence-corrected chi connectivity index (χ4v) is 3.12. The molecule has 0 saturated heterocycles. The minimum absolute atomic E-state index is 0.0213. The van der Waals surface area contributed by atoms with Crippen molar-refractivity contribution in [2.75, 3.05) is 0 Å². The predicted octanol–water partition coefficient (Wildman–Crippen LogP) is 1.40. The van der Waals surface area contributed by atoms with Crippen molar-refractivity contribution in [3.63, 3.8) is 0 Å². The molecule has 2 rings (SSSR count). The van der Waals surface area contributed by atoms with Gasteiger partial charge in [0.1, 0.15) is 5.75 Å². The Morgan fingerprint density at radius 1 is 1.21 bits per heavy atom. The highest BCUT2D eigenvalue weighted by Crippen LogP contribution is 2.34. The number of phenols is 1. The third-order valence-corrected chi connectivity index (χ3v) is 4.27. The van der Waals surface area contributed by atoms with E-state index in [4.69, 9.17) is 9.79 Å². The van der Waals surface area contributed by atoms with E-state index in [1.807, 2.05) is 5.09 Å². The van der Waals surface area contributed by atoms with E-state index in [1.165, 1.54) is 12.2 Å². The van der Waals surface area contributed by atoms with Crippen LogP contribution >= 0.6 is 7.75 Å². The summed E-state index contributed by atoms with van der Waals surface area (Å²) in [6.07, 6.45) is 4.67. The van der Waals surface area contributed by atoms with Gasteiger partial charge in [0.15, 0.2) is 5.78 Å². The smallest absolute Gasteiger partial charge is 0.427 e. The van der Waals surface area contributed by atoms with Gasteiger partial charge in [-0.2, -0.15) is 0 Å². The molecule has 2 atom stereocenters. The van der Waals surface area contributed by atoms with Crippen LogP contribution in [0.3, 0.4) is 0 Å². The number of nitrogens with one attached hydrogen (secondary N) is 1. The highest BCUT2D eigenvalue weighted by Gasteiger charge is 2.28. The van der Waals surface area contributed by atoms with E-state index in [0.29, 0.717) is 19.3 Å². The van der Waals surface area contributed by atoms with Gasteiger partial charge in [0.25, 0.3) is 0 Å². The minimum atomic E-state index is -4.56. The molecule has 0 amide bonds. The lowest BCUT2D eigenvalue weighted by Crippen LogP contribution is -2.29. The summed E-state index contributed by atoms with van der Waals surface area (Å²) in [5.74, 6) is -0.872. The highest BCUT2D eigenvalue weighted by molar-refractivity contribution is 7.49. The van der Waals surface area contributed by atoms with Crippen LogP contribution in [0.5, 0.6) is 5.75 Å². The Labute approximate surface area is 139 Å². The Morgan fingerprint density at radius 2 is 1.88 bits per heavy atom. The van der Waals surface area contributed by atoms with Crippen molar-refractivity contribution in [1.29, 1.82) is 0 Å². The van der Waals surface area contributed by atoms with Crippen molar-refractivity contribution in [3.05, 3.63) is 53.8 Å². The third kappa shape index (κ3) is 5.62. The standard InChI is InChI=1S/C16H20NO6P/c18-12-6-4-11(5-7-12)2-1-3-16(20)14-9-8-13(19)10-15(14)17-24(21,22)23/h4-10,14,16,18,20H,1-3H2,(H3,17,21,22,23). The van der Waals surface area contributed by atoms with Crippen molar-refractivity contribution < 1.29 is 29.4 Å². The lowest BCUT2D eigenvalue weighted by molar-refractivity contribution is -0.110. The van der Waals surface area contributed by atoms with E-state index >= 15 is 0 Å². The lowest BCUT2D eigenvalue weighted by atomic mass is 9.90. The average Bonchev–Trinajstić information content (AvgIpc) is 2.47. The van der Waals surface area contributed by atoms with E-state index in [0.717, 1.165) is 11.6 Å². The Morgan fingerprint density at radius 3 is 2.50 bits per heavy atom. The van der Waals surface area contributed by atoms with Crippen LogP contribution in [0.25, 0.3) is 0 Å². The van der Waals surface area contributed by atoms with Gasteiger partial charge in [-0.1, -0.05) is 18.2 Å². The van der Waals surface area contributed by atoms with Crippen LogP contribution in [0.2, 0.25) is 0 Å². The second-order valence-electron chi connectivity index (χ2n) is 5.67. The van der Waals surface area contributed by atoms with Crippen molar-refractivity contribution in [3.8, 4) is 5.75 Å². The summed E-state index contributed by atoms with van der Waals surface area (Å²) in [6.45, 7) is 0. The van der Waals surface area contributed by atoms with Crippen LogP contribution in [0.4, 0.5) is 0 Å². The molecule has 1 aliphatic rings. The summed E-state index contributed by atoms with van der Waals surface area (Å²) >= 11 is 0. The Kier molecular flexibility index (Phi) is 5.96. The van der Waals surface area contributed by atoms with Gasteiger partial charge in [-0.25, -0.2) is 4.57 Å². The minimum Gasteiger partial charge on any atom is -0.508 e. The van der Waals surface area contributed by atoms with Crippen molar-refractivity contribution in [2.45, 2.75) is 25.4 Å². The zero-order valence-electron chi connectivity index (χ0n) is 12.9. The number of aliphatic hydroxyl groups is 1. The first-order valence-electron chi connectivity index (χ1n) is 7.48. The molecule has 1 aromatic carbocycles. The molecular weight excluding hydrogens is 333 g/mol. The molecular formula is C16H20NO6P. The van der Waals surface area contributed by atoms with Gasteiger partial charge in [0.2, 0.25) is 0 Å². The van der Waals surface area contributed by atoms with Gasteiger partial charge < -0.3 is 20.0 Å². The average molecular weight is 353 g/mol. The number of hydrogen-bond donors (Lipinski definition) is 5. The van der Waals surface area contributed by atoms with Crippen LogP contribution in [-0.4, -0.2) is 31.9 Å². The maximum atomic E-state index is 11.4. The zero-order valence-corrected chi connectivity index (χ0v) is 13.8. The molecule has 7 nitrogen and oxygen atoms in total. The van der Waals surface area contributed by atoms with Crippen molar-refractivity contribution in [2.24, 2.45) is 5.92 Å². The Balaban J connectivity index is 1.94. The zero-order chi connectivity index (χ0) is 17.7. The normalized spacial score (nSPS) is 19.0. The molecule has 2 unspecified atom stereocenters. The topological polar surface area (TPSA) is 127 Å². The van der Waals surface area contributed by atoms with Crippen LogP contribution in [0.1, 0.15) is 18.4 Å². The van der Waals surface area contributed by atoms with Crippen LogP contribution < -0.4 is 5.09 Å². The largest absolute Gasteiger partial charge is 0.508 e. The molecule has 5 N–H and O–H groups in total. The lowest BCUT2D eigenvalue weighted by Gasteiger charge is -2.26. The van der Waals surface area contributed by atoms with Gasteiger partial charge >= 0.3 is 7.75 Å². The molecule has 0 radical (unpaired) electrons. The number of aliphatic hydroxyl groups excluding tert-OH is 1. The van der Waals surface area contributed by atoms with Crippen LogP contribution in [0.15, 0.2) is 48.2 Å². The summed E-state index contributed by atoms with van der Waals surface area (Å²) in [4.78, 5) is 29.4. The molecule has 0 aromatic heterocycles. The number of benzene rings is 1. The summed E-state index contributed by atoms with van der Waals surface area (Å²) in [7, 11) is -4.56. The van der Waals surface area contributed by atoms with Gasteiger partial charge in [0.05, 0.1) is 6.10 Å². The first-order chi connectivity index (χ1) is 11.2. The van der Waals surface area contributed by atoms with Crippen LogP contribution in [-0.2, 0) is 15.8 Å². The number of phenolic OH excluding ortho intramolecular Hbond substituents is 1. The number of carbonyl (C=O) groups is 1. The highest BCUT2D eigenvalue weighted by atomic mass is 31.2. The van der Waals surface area contributed by atoms with Gasteiger partial charge in [-0.3, -0.25) is 9.88 Å². The molecule has 0 aliphatic heterocycles. The number of rotatable bonds is 7. The Hall–Kier alpha value is -1.92. The van der Waals surface area contributed by atoms with E-state index in [2.05, 4.69) is 0 Å². The second kappa shape index (κ2) is 7.77. The van der Waals surface area contributed by atoms with Crippen LogP contribution in [0, 0.1) is 5.92 Å². The van der Waals surface area contributed by atoms with Gasteiger partial charge in [0, 0.05) is 17.7 Å². The maximum absolute atomic E-state index is 11.4. The Bertz CT molecular complexity index is 691. The number of aryl methyl sites for hydroxylation is 1. The number of hydrogen-bond acceptors (Lipinski definition) is 4. The number of carbonyl (C=O) groups excluding carboxylic acids is 1. The SMILES string of the molecule is O=C1C=CC(C(O)CCCc2ccc(O)cc2)C(NP(=O)(O)O)=C1. The summed E-state index contributed by atoms with van der Waals surface area (Å²) in [5.41, 5.74) is 1.03. The van der Waals surface area contributed by atoms with Crippen molar-refractivity contribution >= 4 is 13.5 Å². The van der Waals surface area contributed by atoms with E-state index in [-0.39, 0.29) is 11.4 Å². The molecule has 1 aromatic rings. The predicted molar refractivity (Wildman–Crippen MR) is 88.0 cm³/mol. The number of allylic oxidation sites excluding steroid dienone is 2. The monoisotopic (exact) mass is 353 g/mol. The molecule has 0 spiro atoms. The molecule has 0 saturated carbocycles. The fraction of sp³-hybridized carbons (Fsp3) is 0.312. The van der Waals surface area contributed by atoms with E-state index in [9.17, 15) is 19.6 Å². The third-order valence-electron chi connectivity index (χ3n) is 3.72. The summed E-state index contributed by atoms with van der Waals surface area (Å²) in [6, 6.07) is 6.77. The number of aromatic hydroxyl groups is 1.